The normalized spacial score (nSPS) is 10.9. The SMILES string of the molecule is CCOC(=O)c1sc(-c2cccc(F)c2)c(C(C)C)c1N. The third-order valence-corrected chi connectivity index (χ3v) is 4.36. The Morgan fingerprint density at radius 1 is 1.43 bits per heavy atom. The maximum absolute atomic E-state index is 13.5. The number of thiophene rings is 1. The van der Waals surface area contributed by atoms with E-state index in [1.165, 1.54) is 23.5 Å². The summed E-state index contributed by atoms with van der Waals surface area (Å²) in [6.45, 7) is 6.04. The van der Waals surface area contributed by atoms with Gasteiger partial charge >= 0.3 is 5.97 Å². The molecule has 1 aromatic heterocycles. The van der Waals surface area contributed by atoms with Gasteiger partial charge in [-0.25, -0.2) is 9.18 Å². The minimum absolute atomic E-state index is 0.127. The Labute approximate surface area is 127 Å². The van der Waals surface area contributed by atoms with Crippen molar-refractivity contribution in [2.45, 2.75) is 26.7 Å². The fraction of sp³-hybridized carbons (Fsp3) is 0.312. The summed E-state index contributed by atoms with van der Waals surface area (Å²) >= 11 is 1.26. The minimum atomic E-state index is -0.426. The molecular formula is C16H18FNO2S. The first-order chi connectivity index (χ1) is 9.95. The predicted octanol–water partition coefficient (Wildman–Crippen LogP) is 4.44. The number of nitrogens with two attached hydrogens (primary N) is 1. The van der Waals surface area contributed by atoms with Crippen molar-refractivity contribution in [3.8, 4) is 10.4 Å². The lowest BCUT2D eigenvalue weighted by Gasteiger charge is -2.09. The molecule has 0 unspecified atom stereocenters. The van der Waals surface area contributed by atoms with E-state index in [0.717, 1.165) is 16.0 Å². The lowest BCUT2D eigenvalue weighted by atomic mass is 9.98. The Balaban J connectivity index is 2.60. The largest absolute Gasteiger partial charge is 0.462 e. The van der Waals surface area contributed by atoms with Gasteiger partial charge in [-0.1, -0.05) is 26.0 Å². The molecule has 0 aliphatic rings. The molecule has 0 saturated heterocycles. The molecule has 0 aliphatic carbocycles. The molecule has 1 heterocycles. The smallest absolute Gasteiger partial charge is 0.350 e. The second-order valence-electron chi connectivity index (χ2n) is 4.97. The van der Waals surface area contributed by atoms with Gasteiger partial charge in [0.1, 0.15) is 10.7 Å². The van der Waals surface area contributed by atoms with Gasteiger partial charge in [-0.15, -0.1) is 11.3 Å². The number of hydrogen-bond donors (Lipinski definition) is 1. The molecule has 0 bridgehead atoms. The highest BCUT2D eigenvalue weighted by Gasteiger charge is 2.24. The van der Waals surface area contributed by atoms with Crippen LogP contribution in [0.5, 0.6) is 0 Å². The van der Waals surface area contributed by atoms with Crippen LogP contribution in [-0.4, -0.2) is 12.6 Å². The van der Waals surface area contributed by atoms with Gasteiger partial charge in [0.15, 0.2) is 0 Å². The van der Waals surface area contributed by atoms with E-state index < -0.39 is 5.97 Å². The van der Waals surface area contributed by atoms with Crippen LogP contribution >= 0.6 is 11.3 Å². The van der Waals surface area contributed by atoms with Crippen molar-refractivity contribution in [2.75, 3.05) is 12.3 Å². The van der Waals surface area contributed by atoms with E-state index in [0.29, 0.717) is 17.2 Å². The van der Waals surface area contributed by atoms with Gasteiger partial charge < -0.3 is 10.5 Å². The van der Waals surface area contributed by atoms with Crippen LogP contribution in [0.3, 0.4) is 0 Å². The standard InChI is InChI=1S/C16H18FNO2S/c1-4-20-16(19)15-13(18)12(9(2)3)14(21-15)10-6-5-7-11(17)8-10/h5-9H,4,18H2,1-3H3. The number of ether oxygens (including phenoxy) is 1. The minimum Gasteiger partial charge on any atom is -0.462 e. The van der Waals surface area contributed by atoms with E-state index in [2.05, 4.69) is 0 Å². The van der Waals surface area contributed by atoms with Gasteiger partial charge in [0.05, 0.1) is 12.3 Å². The summed E-state index contributed by atoms with van der Waals surface area (Å²) in [6, 6.07) is 6.30. The molecule has 0 radical (unpaired) electrons. The van der Waals surface area contributed by atoms with E-state index in [4.69, 9.17) is 10.5 Å². The molecule has 112 valence electrons. The molecule has 0 spiro atoms. The Kier molecular flexibility index (Phi) is 4.63. The Hall–Kier alpha value is -1.88. The maximum Gasteiger partial charge on any atom is 0.350 e. The highest BCUT2D eigenvalue weighted by atomic mass is 32.1. The zero-order valence-corrected chi connectivity index (χ0v) is 13.1. The van der Waals surface area contributed by atoms with Crippen LogP contribution < -0.4 is 5.73 Å². The summed E-state index contributed by atoms with van der Waals surface area (Å²) < 4.78 is 18.5. The molecule has 3 nitrogen and oxygen atoms in total. The van der Waals surface area contributed by atoms with Crippen molar-refractivity contribution in [3.63, 3.8) is 0 Å². The predicted molar refractivity (Wildman–Crippen MR) is 84.2 cm³/mol. The summed E-state index contributed by atoms with van der Waals surface area (Å²) in [5, 5.41) is 0. The third kappa shape index (κ3) is 3.08. The number of esters is 1. The number of benzene rings is 1. The third-order valence-electron chi connectivity index (χ3n) is 3.11. The van der Waals surface area contributed by atoms with Crippen LogP contribution in [0, 0.1) is 5.82 Å². The zero-order chi connectivity index (χ0) is 15.6. The van der Waals surface area contributed by atoms with Crippen molar-refractivity contribution < 1.29 is 13.9 Å². The number of carbonyl (C=O) groups is 1. The van der Waals surface area contributed by atoms with Crippen molar-refractivity contribution in [1.82, 2.24) is 0 Å². The molecular weight excluding hydrogens is 289 g/mol. The highest BCUT2D eigenvalue weighted by Crippen LogP contribution is 2.43. The van der Waals surface area contributed by atoms with E-state index in [9.17, 15) is 9.18 Å². The molecule has 0 fully saturated rings. The summed E-state index contributed by atoms with van der Waals surface area (Å²) in [7, 11) is 0. The first-order valence-corrected chi connectivity index (χ1v) is 7.62. The van der Waals surface area contributed by atoms with Crippen LogP contribution in [-0.2, 0) is 4.74 Å². The van der Waals surface area contributed by atoms with Crippen LogP contribution in [0.2, 0.25) is 0 Å². The monoisotopic (exact) mass is 307 g/mol. The molecule has 2 N–H and O–H groups in total. The Morgan fingerprint density at radius 2 is 2.14 bits per heavy atom. The first-order valence-electron chi connectivity index (χ1n) is 6.80. The Morgan fingerprint density at radius 3 is 2.71 bits per heavy atom. The number of halogens is 1. The highest BCUT2D eigenvalue weighted by molar-refractivity contribution is 7.18. The van der Waals surface area contributed by atoms with Crippen LogP contribution in [0.4, 0.5) is 10.1 Å². The molecule has 2 rings (SSSR count). The summed E-state index contributed by atoms with van der Waals surface area (Å²) in [5.41, 5.74) is 8.16. The number of carbonyl (C=O) groups excluding carboxylic acids is 1. The average Bonchev–Trinajstić information content (AvgIpc) is 2.77. The fourth-order valence-electron chi connectivity index (χ4n) is 2.22. The molecule has 0 aliphatic heterocycles. The molecule has 21 heavy (non-hydrogen) atoms. The molecule has 2 aromatic rings. The number of rotatable bonds is 4. The summed E-state index contributed by atoms with van der Waals surface area (Å²) in [6.07, 6.45) is 0. The fourth-order valence-corrected chi connectivity index (χ4v) is 3.49. The molecule has 0 atom stereocenters. The molecule has 0 saturated carbocycles. The number of anilines is 1. The van der Waals surface area contributed by atoms with E-state index in [1.807, 2.05) is 19.9 Å². The summed E-state index contributed by atoms with van der Waals surface area (Å²) in [5.74, 6) is -0.612. The average molecular weight is 307 g/mol. The van der Waals surface area contributed by atoms with Crippen LogP contribution in [0.25, 0.3) is 10.4 Å². The molecule has 5 heteroatoms. The second-order valence-corrected chi connectivity index (χ2v) is 5.99. The van der Waals surface area contributed by atoms with Gasteiger partial charge in [-0.2, -0.15) is 0 Å². The lowest BCUT2D eigenvalue weighted by Crippen LogP contribution is -2.06. The lowest BCUT2D eigenvalue weighted by molar-refractivity contribution is 0.0533. The second kappa shape index (κ2) is 6.26. The molecule has 0 amide bonds. The van der Waals surface area contributed by atoms with Gasteiger partial charge in [0.25, 0.3) is 0 Å². The van der Waals surface area contributed by atoms with Crippen molar-refractivity contribution in [3.05, 3.63) is 40.5 Å². The van der Waals surface area contributed by atoms with Crippen molar-refractivity contribution in [1.29, 1.82) is 0 Å². The van der Waals surface area contributed by atoms with Crippen LogP contribution in [0.1, 0.15) is 41.9 Å². The Bertz CT molecular complexity index is 664. The zero-order valence-electron chi connectivity index (χ0n) is 12.3. The van der Waals surface area contributed by atoms with E-state index in [-0.39, 0.29) is 11.7 Å². The quantitative estimate of drug-likeness (QED) is 0.850. The summed E-state index contributed by atoms with van der Waals surface area (Å²) in [4.78, 5) is 13.2. The topological polar surface area (TPSA) is 52.3 Å². The number of nitrogen functional groups attached to an aromatic ring is 1. The van der Waals surface area contributed by atoms with Gasteiger partial charge in [-0.3, -0.25) is 0 Å². The van der Waals surface area contributed by atoms with Gasteiger partial charge in [0.2, 0.25) is 0 Å². The van der Waals surface area contributed by atoms with Crippen molar-refractivity contribution >= 4 is 23.0 Å². The molecule has 1 aromatic carbocycles. The maximum atomic E-state index is 13.5. The van der Waals surface area contributed by atoms with E-state index >= 15 is 0 Å². The van der Waals surface area contributed by atoms with E-state index in [1.54, 1.807) is 13.0 Å². The van der Waals surface area contributed by atoms with Gasteiger partial charge in [-0.05, 0) is 36.1 Å². The first kappa shape index (κ1) is 15.5. The van der Waals surface area contributed by atoms with Gasteiger partial charge in [0, 0.05) is 4.88 Å². The number of hydrogen-bond acceptors (Lipinski definition) is 4. The van der Waals surface area contributed by atoms with Crippen LogP contribution in [0.15, 0.2) is 24.3 Å². The van der Waals surface area contributed by atoms with Crippen molar-refractivity contribution in [2.24, 2.45) is 0 Å².